The fraction of sp³-hybridized carbons (Fsp3) is 0.167. The van der Waals surface area contributed by atoms with E-state index in [-0.39, 0.29) is 19.0 Å². The first kappa shape index (κ1) is 17.1. The molecule has 0 aliphatic carbocycles. The van der Waals surface area contributed by atoms with Crippen molar-refractivity contribution in [3.05, 3.63) is 54.6 Å². The van der Waals surface area contributed by atoms with E-state index in [1.807, 2.05) is 54.6 Å². The van der Waals surface area contributed by atoms with Gasteiger partial charge in [0.05, 0.1) is 24.9 Å². The maximum Gasteiger partial charge on any atom is 0.118 e. The minimum Gasteiger partial charge on any atom is -0.497 e. The molecule has 0 saturated heterocycles. The van der Waals surface area contributed by atoms with E-state index in [9.17, 15) is 0 Å². The van der Waals surface area contributed by atoms with Crippen molar-refractivity contribution in [1.82, 2.24) is 4.98 Å². The quantitative estimate of drug-likeness (QED) is 0.748. The molecule has 0 amide bonds. The third-order valence-electron chi connectivity index (χ3n) is 3.53. The first-order valence-corrected chi connectivity index (χ1v) is 7.21. The Morgan fingerprint density at radius 3 is 2.52 bits per heavy atom. The van der Waals surface area contributed by atoms with Crippen LogP contribution in [-0.4, -0.2) is 30.4 Å². The standard InChI is InChI=1S/C18H18N2O2.ClH/c1-22-14-8-6-13(7-9-14)17-12-18(19-10-11-21)15-4-2-3-5-16(15)20-17;/h2-9,12,21H,10-11H2,1H3,(H,19,20);1H. The van der Waals surface area contributed by atoms with Crippen molar-refractivity contribution in [2.24, 2.45) is 0 Å². The fourth-order valence-corrected chi connectivity index (χ4v) is 2.42. The van der Waals surface area contributed by atoms with Gasteiger partial charge < -0.3 is 15.2 Å². The minimum atomic E-state index is 0. The van der Waals surface area contributed by atoms with Crippen LogP contribution in [0.4, 0.5) is 5.69 Å². The molecular formula is C18H19ClN2O2. The normalized spacial score (nSPS) is 10.2. The van der Waals surface area contributed by atoms with E-state index in [4.69, 9.17) is 14.8 Å². The van der Waals surface area contributed by atoms with Crippen LogP contribution in [-0.2, 0) is 0 Å². The van der Waals surface area contributed by atoms with Crippen molar-refractivity contribution in [1.29, 1.82) is 0 Å². The van der Waals surface area contributed by atoms with Crippen molar-refractivity contribution in [3.8, 4) is 17.0 Å². The minimum absolute atomic E-state index is 0. The van der Waals surface area contributed by atoms with Crippen molar-refractivity contribution in [2.75, 3.05) is 25.6 Å². The molecule has 3 aromatic rings. The first-order valence-electron chi connectivity index (χ1n) is 7.21. The number of aliphatic hydroxyl groups excluding tert-OH is 1. The Morgan fingerprint density at radius 2 is 1.83 bits per heavy atom. The van der Waals surface area contributed by atoms with Crippen LogP contribution in [0.2, 0.25) is 0 Å². The van der Waals surface area contributed by atoms with Crippen molar-refractivity contribution < 1.29 is 9.84 Å². The molecule has 0 bridgehead atoms. The van der Waals surface area contributed by atoms with Gasteiger partial charge in [0, 0.05) is 23.2 Å². The number of fused-ring (bicyclic) bond motifs is 1. The molecule has 1 heterocycles. The zero-order valence-electron chi connectivity index (χ0n) is 12.8. The molecule has 0 fully saturated rings. The van der Waals surface area contributed by atoms with Crippen LogP contribution in [0.3, 0.4) is 0 Å². The second-order valence-electron chi connectivity index (χ2n) is 4.95. The second kappa shape index (κ2) is 7.81. The van der Waals surface area contributed by atoms with Crippen LogP contribution in [0, 0.1) is 0 Å². The number of ether oxygens (including phenoxy) is 1. The summed E-state index contributed by atoms with van der Waals surface area (Å²) in [7, 11) is 1.65. The van der Waals surface area contributed by atoms with Gasteiger partial charge in [-0.3, -0.25) is 0 Å². The molecule has 0 atom stereocenters. The third-order valence-corrected chi connectivity index (χ3v) is 3.53. The predicted molar refractivity (Wildman–Crippen MR) is 96.6 cm³/mol. The number of aliphatic hydroxyl groups is 1. The van der Waals surface area contributed by atoms with Crippen molar-refractivity contribution in [3.63, 3.8) is 0 Å². The molecule has 4 nitrogen and oxygen atoms in total. The first-order chi connectivity index (χ1) is 10.8. The highest BCUT2D eigenvalue weighted by molar-refractivity contribution is 5.93. The lowest BCUT2D eigenvalue weighted by molar-refractivity contribution is 0.311. The average Bonchev–Trinajstić information content (AvgIpc) is 2.59. The molecule has 0 unspecified atom stereocenters. The van der Waals surface area contributed by atoms with Crippen LogP contribution < -0.4 is 10.1 Å². The van der Waals surface area contributed by atoms with Gasteiger partial charge in [-0.15, -0.1) is 12.4 Å². The zero-order chi connectivity index (χ0) is 15.4. The number of aromatic nitrogens is 1. The van der Waals surface area contributed by atoms with Gasteiger partial charge in [0.1, 0.15) is 5.75 Å². The van der Waals surface area contributed by atoms with Gasteiger partial charge in [-0.2, -0.15) is 0 Å². The largest absolute Gasteiger partial charge is 0.497 e. The number of hydrogen-bond donors (Lipinski definition) is 2. The molecule has 0 aliphatic rings. The summed E-state index contributed by atoms with van der Waals surface area (Å²) in [4.78, 5) is 4.73. The summed E-state index contributed by atoms with van der Waals surface area (Å²) in [6, 6.07) is 17.8. The average molecular weight is 331 g/mol. The Balaban J connectivity index is 0.00000192. The summed E-state index contributed by atoms with van der Waals surface area (Å²) in [5.41, 5.74) is 3.82. The van der Waals surface area contributed by atoms with Crippen LogP contribution >= 0.6 is 12.4 Å². The Labute approximate surface area is 141 Å². The van der Waals surface area contributed by atoms with Crippen molar-refractivity contribution >= 4 is 29.0 Å². The predicted octanol–water partition coefficient (Wildman–Crippen LogP) is 3.74. The Bertz CT molecular complexity index is 776. The SMILES string of the molecule is COc1ccc(-c2cc(NCCO)c3ccccc3n2)cc1.Cl. The number of hydrogen-bond acceptors (Lipinski definition) is 4. The molecule has 3 rings (SSSR count). The molecule has 0 saturated carbocycles. The van der Waals surface area contributed by atoms with E-state index in [0.29, 0.717) is 6.54 Å². The number of para-hydroxylation sites is 1. The third kappa shape index (κ3) is 3.73. The lowest BCUT2D eigenvalue weighted by Gasteiger charge is -2.11. The molecule has 0 spiro atoms. The summed E-state index contributed by atoms with van der Waals surface area (Å²) in [5.74, 6) is 0.822. The van der Waals surface area contributed by atoms with Gasteiger partial charge >= 0.3 is 0 Å². The van der Waals surface area contributed by atoms with Crippen molar-refractivity contribution in [2.45, 2.75) is 0 Å². The summed E-state index contributed by atoms with van der Waals surface area (Å²) in [6.07, 6.45) is 0. The Morgan fingerprint density at radius 1 is 1.09 bits per heavy atom. The highest BCUT2D eigenvalue weighted by Crippen LogP contribution is 2.29. The lowest BCUT2D eigenvalue weighted by Crippen LogP contribution is -2.06. The Hall–Kier alpha value is -2.30. The summed E-state index contributed by atoms with van der Waals surface area (Å²) in [5, 5.41) is 13.4. The highest BCUT2D eigenvalue weighted by Gasteiger charge is 2.07. The van der Waals surface area contributed by atoms with Crippen LogP contribution in [0.25, 0.3) is 22.2 Å². The number of nitrogens with one attached hydrogen (secondary N) is 1. The molecule has 1 aromatic heterocycles. The van der Waals surface area contributed by atoms with E-state index in [1.54, 1.807) is 7.11 Å². The number of methoxy groups -OCH3 is 1. The van der Waals surface area contributed by atoms with Gasteiger partial charge in [0.15, 0.2) is 0 Å². The molecule has 23 heavy (non-hydrogen) atoms. The maximum atomic E-state index is 9.05. The number of nitrogens with zero attached hydrogens (tertiary/aromatic N) is 1. The maximum absolute atomic E-state index is 9.05. The molecule has 120 valence electrons. The van der Waals surface area contributed by atoms with E-state index >= 15 is 0 Å². The summed E-state index contributed by atoms with van der Waals surface area (Å²) in [6.45, 7) is 0.602. The molecule has 0 aliphatic heterocycles. The monoisotopic (exact) mass is 330 g/mol. The summed E-state index contributed by atoms with van der Waals surface area (Å²) < 4.78 is 5.19. The van der Waals surface area contributed by atoms with Crippen LogP contribution in [0.15, 0.2) is 54.6 Å². The van der Waals surface area contributed by atoms with E-state index in [0.717, 1.165) is 33.6 Å². The number of rotatable bonds is 5. The Kier molecular flexibility index (Phi) is 5.79. The second-order valence-corrected chi connectivity index (χ2v) is 4.95. The smallest absolute Gasteiger partial charge is 0.118 e. The van der Waals surface area contributed by atoms with E-state index < -0.39 is 0 Å². The number of anilines is 1. The van der Waals surface area contributed by atoms with E-state index in [2.05, 4.69) is 5.32 Å². The lowest BCUT2D eigenvalue weighted by atomic mass is 10.1. The molecule has 0 radical (unpaired) electrons. The van der Waals surface area contributed by atoms with Gasteiger partial charge in [0.25, 0.3) is 0 Å². The van der Waals surface area contributed by atoms with Gasteiger partial charge in [0.2, 0.25) is 0 Å². The number of benzene rings is 2. The fourth-order valence-electron chi connectivity index (χ4n) is 2.42. The highest BCUT2D eigenvalue weighted by atomic mass is 35.5. The number of halogens is 1. The van der Waals surface area contributed by atoms with E-state index in [1.165, 1.54) is 0 Å². The van der Waals surface area contributed by atoms with Crippen LogP contribution in [0.1, 0.15) is 0 Å². The zero-order valence-corrected chi connectivity index (χ0v) is 13.6. The molecular weight excluding hydrogens is 312 g/mol. The molecule has 2 aromatic carbocycles. The number of pyridine rings is 1. The molecule has 2 N–H and O–H groups in total. The summed E-state index contributed by atoms with van der Waals surface area (Å²) >= 11 is 0. The van der Waals surface area contributed by atoms with Gasteiger partial charge in [-0.1, -0.05) is 18.2 Å². The topological polar surface area (TPSA) is 54.4 Å². The molecule has 5 heteroatoms. The van der Waals surface area contributed by atoms with Gasteiger partial charge in [-0.05, 0) is 36.4 Å². The van der Waals surface area contributed by atoms with Crippen LogP contribution in [0.5, 0.6) is 5.75 Å². The van der Waals surface area contributed by atoms with Gasteiger partial charge in [-0.25, -0.2) is 4.98 Å².